The minimum atomic E-state index is -0.911. The summed E-state index contributed by atoms with van der Waals surface area (Å²) in [7, 11) is 0. The molecule has 0 N–H and O–H groups in total. The monoisotopic (exact) mass is 172 g/mol. The molecule has 0 aromatic heterocycles. The maximum absolute atomic E-state index is 12.8. The molecule has 1 nitrogen and oxygen atoms in total. The van der Waals surface area contributed by atoms with E-state index < -0.39 is 11.6 Å². The lowest BCUT2D eigenvalue weighted by Gasteiger charge is -2.04. The fourth-order valence-corrected chi connectivity index (χ4v) is 0.808. The van der Waals surface area contributed by atoms with Crippen molar-refractivity contribution in [3.05, 3.63) is 29.8 Å². The Morgan fingerprint density at radius 2 is 2.08 bits per heavy atom. The van der Waals surface area contributed by atoms with E-state index in [9.17, 15) is 8.78 Å². The highest BCUT2D eigenvalue weighted by atomic mass is 19.2. The maximum Gasteiger partial charge on any atom is 0.200 e. The van der Waals surface area contributed by atoms with Crippen molar-refractivity contribution in [1.29, 1.82) is 0 Å². The van der Waals surface area contributed by atoms with Crippen LogP contribution in [0.25, 0.3) is 0 Å². The molecule has 3 heteroatoms. The summed E-state index contributed by atoms with van der Waals surface area (Å²) in [4.78, 5) is 0. The predicted molar refractivity (Wildman–Crippen MR) is 42.1 cm³/mol. The van der Waals surface area contributed by atoms with Gasteiger partial charge >= 0.3 is 0 Å². The van der Waals surface area contributed by atoms with Gasteiger partial charge in [-0.3, -0.25) is 0 Å². The molecule has 0 radical (unpaired) electrons. The molecule has 0 saturated heterocycles. The number of benzene rings is 1. The Morgan fingerprint density at radius 1 is 1.33 bits per heavy atom. The van der Waals surface area contributed by atoms with Crippen LogP contribution < -0.4 is 4.74 Å². The molecule has 0 aliphatic heterocycles. The van der Waals surface area contributed by atoms with Gasteiger partial charge in [0.2, 0.25) is 5.82 Å². The molecule has 0 heterocycles. The molecule has 0 bridgehead atoms. The molecule has 1 aromatic carbocycles. The third-order valence-corrected chi connectivity index (χ3v) is 1.38. The Morgan fingerprint density at radius 3 is 2.75 bits per heavy atom. The van der Waals surface area contributed by atoms with Gasteiger partial charge in [0.05, 0.1) is 6.61 Å². The summed E-state index contributed by atoms with van der Waals surface area (Å²) < 4.78 is 30.3. The number of halogens is 2. The van der Waals surface area contributed by atoms with E-state index in [4.69, 9.17) is 4.74 Å². The first kappa shape index (κ1) is 8.97. The van der Waals surface area contributed by atoms with E-state index in [1.54, 1.807) is 0 Å². The summed E-state index contributed by atoms with van der Waals surface area (Å²) in [6.07, 6.45) is 0.774. The maximum atomic E-state index is 12.8. The van der Waals surface area contributed by atoms with Crippen LogP contribution in [0.4, 0.5) is 8.78 Å². The topological polar surface area (TPSA) is 9.23 Å². The molecule has 66 valence electrons. The largest absolute Gasteiger partial charge is 0.490 e. The summed E-state index contributed by atoms with van der Waals surface area (Å²) in [6.45, 7) is 2.30. The summed E-state index contributed by atoms with van der Waals surface area (Å²) in [5, 5.41) is 0. The van der Waals surface area contributed by atoms with Gasteiger partial charge in [0.1, 0.15) is 0 Å². The van der Waals surface area contributed by atoms with Gasteiger partial charge in [0.15, 0.2) is 11.6 Å². The van der Waals surface area contributed by atoms with E-state index >= 15 is 0 Å². The Bertz CT molecular complexity index is 261. The third-order valence-electron chi connectivity index (χ3n) is 1.38. The lowest BCUT2D eigenvalue weighted by molar-refractivity contribution is 0.295. The zero-order chi connectivity index (χ0) is 8.97. The van der Waals surface area contributed by atoms with Crippen molar-refractivity contribution < 1.29 is 13.5 Å². The highest BCUT2D eigenvalue weighted by molar-refractivity contribution is 5.24. The van der Waals surface area contributed by atoms with Crippen molar-refractivity contribution in [3.8, 4) is 5.75 Å². The van der Waals surface area contributed by atoms with Gasteiger partial charge in [0, 0.05) is 0 Å². The molecule has 0 aliphatic rings. The molecule has 0 aliphatic carbocycles. The lowest BCUT2D eigenvalue weighted by atomic mass is 10.3. The van der Waals surface area contributed by atoms with Crippen LogP contribution in [0.2, 0.25) is 0 Å². The molecule has 0 atom stereocenters. The summed E-state index contributed by atoms with van der Waals surface area (Å²) in [5.74, 6) is -1.80. The van der Waals surface area contributed by atoms with E-state index in [0.717, 1.165) is 12.5 Å². The normalized spacial score (nSPS) is 9.92. The SMILES string of the molecule is CCCOc1cccc(F)c1F. The van der Waals surface area contributed by atoms with Crippen molar-refractivity contribution >= 4 is 0 Å². The molecular weight excluding hydrogens is 162 g/mol. The number of hydrogen-bond donors (Lipinski definition) is 0. The molecule has 0 amide bonds. The van der Waals surface area contributed by atoms with Gasteiger partial charge in [-0.15, -0.1) is 0 Å². The van der Waals surface area contributed by atoms with E-state index in [-0.39, 0.29) is 5.75 Å². The minimum Gasteiger partial charge on any atom is -0.490 e. The number of ether oxygens (including phenoxy) is 1. The highest BCUT2D eigenvalue weighted by Gasteiger charge is 2.07. The van der Waals surface area contributed by atoms with Crippen molar-refractivity contribution in [3.63, 3.8) is 0 Å². The fourth-order valence-electron chi connectivity index (χ4n) is 0.808. The second-order valence-electron chi connectivity index (χ2n) is 2.40. The Labute approximate surface area is 70.0 Å². The summed E-state index contributed by atoms with van der Waals surface area (Å²) in [5.41, 5.74) is 0. The van der Waals surface area contributed by atoms with E-state index in [1.165, 1.54) is 12.1 Å². The van der Waals surface area contributed by atoms with Crippen LogP contribution in [0, 0.1) is 11.6 Å². The van der Waals surface area contributed by atoms with Crippen molar-refractivity contribution in [2.75, 3.05) is 6.61 Å². The molecular formula is C9H10F2O. The molecule has 0 saturated carbocycles. The van der Waals surface area contributed by atoms with Gasteiger partial charge in [0.25, 0.3) is 0 Å². The van der Waals surface area contributed by atoms with E-state index in [0.29, 0.717) is 6.61 Å². The summed E-state index contributed by atoms with van der Waals surface area (Å²) >= 11 is 0. The Kier molecular flexibility index (Phi) is 3.02. The van der Waals surface area contributed by atoms with Crippen LogP contribution in [-0.4, -0.2) is 6.61 Å². The first-order valence-electron chi connectivity index (χ1n) is 3.82. The Hall–Kier alpha value is -1.12. The minimum absolute atomic E-state index is 0.0168. The molecule has 0 fully saturated rings. The molecule has 1 aromatic rings. The quantitative estimate of drug-likeness (QED) is 0.681. The zero-order valence-corrected chi connectivity index (χ0v) is 6.81. The second kappa shape index (κ2) is 4.04. The average Bonchev–Trinajstić information content (AvgIpc) is 2.08. The van der Waals surface area contributed by atoms with E-state index in [2.05, 4.69) is 0 Å². The molecule has 0 spiro atoms. The van der Waals surface area contributed by atoms with Crippen LogP contribution >= 0.6 is 0 Å². The highest BCUT2D eigenvalue weighted by Crippen LogP contribution is 2.18. The summed E-state index contributed by atoms with van der Waals surface area (Å²) in [6, 6.07) is 3.89. The average molecular weight is 172 g/mol. The predicted octanol–water partition coefficient (Wildman–Crippen LogP) is 2.75. The Balaban J connectivity index is 2.78. The van der Waals surface area contributed by atoms with Gasteiger partial charge in [-0.25, -0.2) is 4.39 Å². The molecule has 0 unspecified atom stereocenters. The van der Waals surface area contributed by atoms with Gasteiger partial charge < -0.3 is 4.74 Å². The van der Waals surface area contributed by atoms with Gasteiger partial charge in [-0.2, -0.15) is 4.39 Å². The van der Waals surface area contributed by atoms with Crippen molar-refractivity contribution in [2.24, 2.45) is 0 Å². The van der Waals surface area contributed by atoms with Crippen molar-refractivity contribution in [1.82, 2.24) is 0 Å². The van der Waals surface area contributed by atoms with Gasteiger partial charge in [-0.05, 0) is 18.6 Å². The zero-order valence-electron chi connectivity index (χ0n) is 6.81. The molecule has 1 rings (SSSR count). The first-order valence-corrected chi connectivity index (χ1v) is 3.82. The first-order chi connectivity index (χ1) is 5.75. The molecule has 12 heavy (non-hydrogen) atoms. The van der Waals surface area contributed by atoms with Gasteiger partial charge in [-0.1, -0.05) is 13.0 Å². The van der Waals surface area contributed by atoms with Crippen LogP contribution in [-0.2, 0) is 0 Å². The van der Waals surface area contributed by atoms with Crippen LogP contribution in [0.5, 0.6) is 5.75 Å². The fraction of sp³-hybridized carbons (Fsp3) is 0.333. The third kappa shape index (κ3) is 1.94. The smallest absolute Gasteiger partial charge is 0.200 e. The van der Waals surface area contributed by atoms with E-state index in [1.807, 2.05) is 6.92 Å². The van der Waals surface area contributed by atoms with Crippen LogP contribution in [0.3, 0.4) is 0 Å². The van der Waals surface area contributed by atoms with Crippen LogP contribution in [0.1, 0.15) is 13.3 Å². The standard InChI is InChI=1S/C9H10F2O/c1-2-6-12-8-5-3-4-7(10)9(8)11/h3-5H,2,6H2,1H3. The lowest BCUT2D eigenvalue weighted by Crippen LogP contribution is -1.98. The number of hydrogen-bond acceptors (Lipinski definition) is 1. The van der Waals surface area contributed by atoms with Crippen molar-refractivity contribution in [2.45, 2.75) is 13.3 Å². The second-order valence-corrected chi connectivity index (χ2v) is 2.40. The van der Waals surface area contributed by atoms with Crippen LogP contribution in [0.15, 0.2) is 18.2 Å². The number of rotatable bonds is 3.